The minimum atomic E-state index is -0.379. The number of aromatic nitrogens is 1. The molecule has 31 heavy (non-hydrogen) atoms. The highest BCUT2D eigenvalue weighted by atomic mass is 35.5. The molecule has 0 radical (unpaired) electrons. The lowest BCUT2D eigenvalue weighted by molar-refractivity contribution is -0.120. The molecule has 0 saturated carbocycles. The smallest absolute Gasteiger partial charge is 0.254 e. The van der Waals surface area contributed by atoms with Crippen LogP contribution in [0.5, 0.6) is 0 Å². The van der Waals surface area contributed by atoms with Gasteiger partial charge in [0, 0.05) is 23.5 Å². The van der Waals surface area contributed by atoms with Crippen molar-refractivity contribution in [2.75, 3.05) is 18.4 Å². The minimum absolute atomic E-state index is 0.102. The number of rotatable bonds is 10. The van der Waals surface area contributed by atoms with E-state index in [0.29, 0.717) is 28.0 Å². The number of anilines is 1. The van der Waals surface area contributed by atoms with Gasteiger partial charge < -0.3 is 15.5 Å². The Morgan fingerprint density at radius 3 is 2.55 bits per heavy atom. The molecule has 0 bridgehead atoms. The first kappa shape index (κ1) is 25.1. The zero-order valence-corrected chi connectivity index (χ0v) is 20.0. The molecule has 2 rings (SSSR count). The van der Waals surface area contributed by atoms with E-state index >= 15 is 0 Å². The second-order valence-corrected chi connectivity index (χ2v) is 8.90. The zero-order valence-electron chi connectivity index (χ0n) is 17.7. The molecule has 168 valence electrons. The Labute approximate surface area is 196 Å². The molecule has 1 aromatic carbocycles. The monoisotopic (exact) mass is 484 g/mol. The molecule has 0 unspecified atom stereocenters. The highest BCUT2D eigenvalue weighted by molar-refractivity contribution is 7.13. The predicted octanol–water partition coefficient (Wildman–Crippen LogP) is 4.40. The van der Waals surface area contributed by atoms with Crippen LogP contribution in [0.4, 0.5) is 5.13 Å². The van der Waals surface area contributed by atoms with Gasteiger partial charge in [0.2, 0.25) is 11.8 Å². The molecule has 0 fully saturated rings. The summed E-state index contributed by atoms with van der Waals surface area (Å²) in [6.45, 7) is 6.19. The van der Waals surface area contributed by atoms with E-state index in [1.54, 1.807) is 17.5 Å². The van der Waals surface area contributed by atoms with Crippen LogP contribution in [0.1, 0.15) is 49.7 Å². The number of hydrogen-bond acceptors (Lipinski definition) is 5. The second kappa shape index (κ2) is 12.0. The third-order valence-corrected chi connectivity index (χ3v) is 5.90. The Morgan fingerprint density at radius 2 is 1.90 bits per heavy atom. The van der Waals surface area contributed by atoms with Gasteiger partial charge in [0.15, 0.2) is 5.13 Å². The first-order chi connectivity index (χ1) is 14.7. The third-order valence-electron chi connectivity index (χ3n) is 4.36. The lowest BCUT2D eigenvalue weighted by Crippen LogP contribution is -2.42. The first-order valence-electron chi connectivity index (χ1n) is 9.98. The molecular weight excluding hydrogens is 459 g/mol. The van der Waals surface area contributed by atoms with Crippen LogP contribution in [-0.4, -0.2) is 46.7 Å². The van der Waals surface area contributed by atoms with Crippen LogP contribution in [0.2, 0.25) is 10.0 Å². The minimum Gasteiger partial charge on any atom is -0.356 e. The van der Waals surface area contributed by atoms with Crippen molar-refractivity contribution in [3.63, 3.8) is 0 Å². The number of unbranched alkanes of at least 4 members (excludes halogenated alkanes) is 1. The number of nitrogens with zero attached hydrogens (tertiary/aromatic N) is 2. The zero-order chi connectivity index (χ0) is 23.0. The molecule has 0 spiro atoms. The van der Waals surface area contributed by atoms with E-state index in [-0.39, 0.29) is 41.8 Å². The first-order valence-corrected chi connectivity index (χ1v) is 11.6. The van der Waals surface area contributed by atoms with Crippen molar-refractivity contribution in [2.45, 2.75) is 46.1 Å². The summed E-state index contributed by atoms with van der Waals surface area (Å²) in [7, 11) is 0. The number of amides is 3. The van der Waals surface area contributed by atoms with E-state index in [1.807, 2.05) is 13.8 Å². The average Bonchev–Trinajstić information content (AvgIpc) is 3.14. The molecule has 2 N–H and O–H groups in total. The summed E-state index contributed by atoms with van der Waals surface area (Å²) in [5.74, 6) is -0.808. The lowest BCUT2D eigenvalue weighted by Gasteiger charge is -2.26. The van der Waals surface area contributed by atoms with Crippen molar-refractivity contribution in [1.82, 2.24) is 15.2 Å². The molecule has 1 heterocycles. The number of nitrogens with one attached hydrogen (secondary N) is 2. The van der Waals surface area contributed by atoms with E-state index in [4.69, 9.17) is 23.2 Å². The van der Waals surface area contributed by atoms with Crippen LogP contribution in [0.15, 0.2) is 23.6 Å². The van der Waals surface area contributed by atoms with Gasteiger partial charge in [-0.25, -0.2) is 4.98 Å². The van der Waals surface area contributed by atoms with Gasteiger partial charge in [0.25, 0.3) is 5.91 Å². The predicted molar refractivity (Wildman–Crippen MR) is 125 cm³/mol. The Kier molecular flexibility index (Phi) is 9.74. The highest BCUT2D eigenvalue weighted by Crippen LogP contribution is 2.24. The quantitative estimate of drug-likeness (QED) is 0.488. The normalized spacial score (nSPS) is 10.8. The molecule has 0 saturated heterocycles. The third kappa shape index (κ3) is 7.79. The summed E-state index contributed by atoms with van der Waals surface area (Å²) >= 11 is 13.2. The number of carbonyl (C=O) groups excluding carboxylic acids is 3. The fourth-order valence-electron chi connectivity index (χ4n) is 2.67. The molecule has 1 aromatic heterocycles. The summed E-state index contributed by atoms with van der Waals surface area (Å²) in [5.41, 5.74) is 0.934. The highest BCUT2D eigenvalue weighted by Gasteiger charge is 2.23. The molecule has 2 aromatic rings. The Morgan fingerprint density at radius 1 is 1.16 bits per heavy atom. The lowest BCUT2D eigenvalue weighted by atomic mass is 10.1. The van der Waals surface area contributed by atoms with Gasteiger partial charge in [0.05, 0.1) is 22.2 Å². The molecular formula is C21H26Cl2N4O3S. The van der Waals surface area contributed by atoms with Gasteiger partial charge >= 0.3 is 0 Å². The molecule has 0 aliphatic rings. The van der Waals surface area contributed by atoms with Gasteiger partial charge in [-0.1, -0.05) is 36.5 Å². The fourth-order valence-corrected chi connectivity index (χ4v) is 3.70. The van der Waals surface area contributed by atoms with E-state index in [9.17, 15) is 14.4 Å². The van der Waals surface area contributed by atoms with Gasteiger partial charge in [-0.15, -0.1) is 11.3 Å². The van der Waals surface area contributed by atoms with Crippen molar-refractivity contribution in [1.29, 1.82) is 0 Å². The van der Waals surface area contributed by atoms with Crippen molar-refractivity contribution < 1.29 is 14.4 Å². The van der Waals surface area contributed by atoms with Crippen molar-refractivity contribution in [3.05, 3.63) is 44.9 Å². The van der Waals surface area contributed by atoms with Crippen LogP contribution in [0.25, 0.3) is 0 Å². The van der Waals surface area contributed by atoms with Crippen LogP contribution in [-0.2, 0) is 16.0 Å². The Hall–Kier alpha value is -2.16. The molecule has 0 aliphatic carbocycles. The maximum absolute atomic E-state index is 12.9. The summed E-state index contributed by atoms with van der Waals surface area (Å²) in [6.07, 6.45) is 2.09. The van der Waals surface area contributed by atoms with Gasteiger partial charge in [0.1, 0.15) is 6.54 Å². The maximum Gasteiger partial charge on any atom is 0.254 e. The number of benzene rings is 1. The van der Waals surface area contributed by atoms with Gasteiger partial charge in [-0.2, -0.15) is 0 Å². The molecule has 0 atom stereocenters. The van der Waals surface area contributed by atoms with Crippen molar-refractivity contribution in [3.8, 4) is 0 Å². The standard InChI is InChI=1S/C21H26Cl2N4O3S/c1-4-5-8-24-18(28)10-15-12-31-21(25-15)26-19(29)11-27(13(2)3)20(30)14-6-7-16(22)17(23)9-14/h6-7,9,12-13H,4-5,8,10-11H2,1-3H3,(H,24,28)(H,25,26,29). The average molecular weight is 485 g/mol. The summed E-state index contributed by atoms with van der Waals surface area (Å²) in [6, 6.07) is 4.39. The van der Waals surface area contributed by atoms with Crippen LogP contribution in [0.3, 0.4) is 0 Å². The summed E-state index contributed by atoms with van der Waals surface area (Å²) in [5, 5.41) is 8.27. The van der Waals surface area contributed by atoms with Gasteiger partial charge in [-0.3, -0.25) is 14.4 Å². The molecule has 10 heteroatoms. The van der Waals surface area contributed by atoms with Crippen LogP contribution in [0, 0.1) is 0 Å². The van der Waals surface area contributed by atoms with Crippen molar-refractivity contribution in [2.24, 2.45) is 0 Å². The Bertz CT molecular complexity index is 933. The van der Waals surface area contributed by atoms with Crippen LogP contribution >= 0.6 is 34.5 Å². The largest absolute Gasteiger partial charge is 0.356 e. The SMILES string of the molecule is CCCCNC(=O)Cc1csc(NC(=O)CN(C(=O)c2ccc(Cl)c(Cl)c2)C(C)C)n1. The number of hydrogen-bond donors (Lipinski definition) is 2. The topological polar surface area (TPSA) is 91.4 Å². The summed E-state index contributed by atoms with van der Waals surface area (Å²) in [4.78, 5) is 43.0. The summed E-state index contributed by atoms with van der Waals surface area (Å²) < 4.78 is 0. The number of thiazole rings is 1. The number of carbonyl (C=O) groups is 3. The van der Waals surface area contributed by atoms with E-state index in [1.165, 1.54) is 22.3 Å². The van der Waals surface area contributed by atoms with E-state index in [2.05, 4.69) is 22.5 Å². The van der Waals surface area contributed by atoms with E-state index in [0.717, 1.165) is 12.8 Å². The fraction of sp³-hybridized carbons (Fsp3) is 0.429. The molecule has 3 amide bonds. The maximum atomic E-state index is 12.9. The van der Waals surface area contributed by atoms with Gasteiger partial charge in [-0.05, 0) is 38.5 Å². The molecule has 0 aliphatic heterocycles. The van der Waals surface area contributed by atoms with Crippen LogP contribution < -0.4 is 10.6 Å². The van der Waals surface area contributed by atoms with Crippen molar-refractivity contribution >= 4 is 57.4 Å². The Balaban J connectivity index is 1.96. The molecule has 7 nitrogen and oxygen atoms in total. The van der Waals surface area contributed by atoms with E-state index < -0.39 is 0 Å². The number of halogens is 2. The second-order valence-electron chi connectivity index (χ2n) is 7.23.